The van der Waals surface area contributed by atoms with Crippen LogP contribution in [0.5, 0.6) is 0 Å². The summed E-state index contributed by atoms with van der Waals surface area (Å²) in [6.45, 7) is 6.01. The average molecular weight is 274 g/mol. The predicted octanol–water partition coefficient (Wildman–Crippen LogP) is 0.776. The summed E-state index contributed by atoms with van der Waals surface area (Å²) in [6.07, 6.45) is 0. The van der Waals surface area contributed by atoms with Crippen molar-refractivity contribution in [3.8, 4) is 0 Å². The van der Waals surface area contributed by atoms with Crippen LogP contribution in [0.15, 0.2) is 24.3 Å². The topological polar surface area (TPSA) is 44.5 Å². The Bertz CT molecular complexity index is 572. The van der Waals surface area contributed by atoms with E-state index in [1.807, 2.05) is 18.2 Å². The molecule has 1 aliphatic rings. The monoisotopic (exact) mass is 274 g/mol. The third-order valence-electron chi connectivity index (χ3n) is 4.02. The molecule has 0 radical (unpaired) electrons. The highest BCUT2D eigenvalue weighted by Crippen LogP contribution is 2.17. The standard InChI is InChI=1S/C15H22N4O/c1-17-6-8-18(9-7-17)12-15-16-13-4-2-3-5-14(13)19(15)10-11-20/h2-5,20H,6-12H2,1H3. The Morgan fingerprint density at radius 2 is 1.90 bits per heavy atom. The van der Waals surface area contributed by atoms with Crippen molar-refractivity contribution in [2.24, 2.45) is 0 Å². The SMILES string of the molecule is CN1CCN(Cc2nc3ccccc3n2CCO)CC1. The minimum Gasteiger partial charge on any atom is -0.395 e. The van der Waals surface area contributed by atoms with E-state index in [0.717, 1.165) is 49.6 Å². The van der Waals surface area contributed by atoms with E-state index in [1.54, 1.807) is 0 Å². The number of rotatable bonds is 4. The summed E-state index contributed by atoms with van der Waals surface area (Å²) in [5.74, 6) is 1.06. The summed E-state index contributed by atoms with van der Waals surface area (Å²) in [7, 11) is 2.17. The lowest BCUT2D eigenvalue weighted by Gasteiger charge is -2.32. The third-order valence-corrected chi connectivity index (χ3v) is 4.02. The summed E-state index contributed by atoms with van der Waals surface area (Å²) in [5, 5.41) is 9.29. The molecule has 0 atom stereocenters. The normalized spacial score (nSPS) is 17.9. The minimum absolute atomic E-state index is 0.149. The lowest BCUT2D eigenvalue weighted by molar-refractivity contribution is 0.143. The van der Waals surface area contributed by atoms with Crippen molar-refractivity contribution in [1.29, 1.82) is 0 Å². The van der Waals surface area contributed by atoms with E-state index >= 15 is 0 Å². The van der Waals surface area contributed by atoms with Gasteiger partial charge in [0.05, 0.1) is 24.2 Å². The van der Waals surface area contributed by atoms with Gasteiger partial charge < -0.3 is 14.6 Å². The maximum atomic E-state index is 9.29. The molecule has 108 valence electrons. The molecule has 5 heteroatoms. The van der Waals surface area contributed by atoms with Gasteiger partial charge in [-0.25, -0.2) is 4.98 Å². The summed E-state index contributed by atoms with van der Waals surface area (Å²) >= 11 is 0. The summed E-state index contributed by atoms with van der Waals surface area (Å²) < 4.78 is 2.15. The molecule has 1 fully saturated rings. The fourth-order valence-electron chi connectivity index (χ4n) is 2.80. The van der Waals surface area contributed by atoms with Crippen molar-refractivity contribution in [3.63, 3.8) is 0 Å². The number of aliphatic hydroxyl groups excluding tert-OH is 1. The summed E-state index contributed by atoms with van der Waals surface area (Å²) in [4.78, 5) is 9.53. The Kier molecular flexibility index (Phi) is 4.00. The molecular weight excluding hydrogens is 252 g/mol. The first-order valence-corrected chi connectivity index (χ1v) is 7.24. The highest BCUT2D eigenvalue weighted by Gasteiger charge is 2.17. The molecule has 5 nitrogen and oxygen atoms in total. The van der Waals surface area contributed by atoms with Crippen LogP contribution in [0.25, 0.3) is 11.0 Å². The number of likely N-dealkylation sites (N-methyl/N-ethyl adjacent to an activating group) is 1. The molecule has 1 aromatic heterocycles. The lowest BCUT2D eigenvalue weighted by Crippen LogP contribution is -2.44. The van der Waals surface area contributed by atoms with Crippen molar-refractivity contribution in [1.82, 2.24) is 19.4 Å². The number of imidazole rings is 1. The molecule has 3 rings (SSSR count). The van der Waals surface area contributed by atoms with Crippen LogP contribution in [-0.4, -0.2) is 64.3 Å². The largest absolute Gasteiger partial charge is 0.395 e. The molecule has 2 aromatic rings. The second-order valence-corrected chi connectivity index (χ2v) is 5.47. The van der Waals surface area contributed by atoms with Crippen LogP contribution in [-0.2, 0) is 13.1 Å². The van der Waals surface area contributed by atoms with Gasteiger partial charge in [-0.2, -0.15) is 0 Å². The number of hydrogen-bond donors (Lipinski definition) is 1. The second-order valence-electron chi connectivity index (χ2n) is 5.47. The minimum atomic E-state index is 0.149. The van der Waals surface area contributed by atoms with E-state index in [-0.39, 0.29) is 6.61 Å². The summed E-state index contributed by atoms with van der Waals surface area (Å²) in [5.41, 5.74) is 2.13. The smallest absolute Gasteiger partial charge is 0.124 e. The molecule has 1 saturated heterocycles. The predicted molar refractivity (Wildman–Crippen MR) is 79.6 cm³/mol. The molecule has 2 heterocycles. The third kappa shape index (κ3) is 2.70. The van der Waals surface area contributed by atoms with Crippen molar-refractivity contribution in [2.75, 3.05) is 39.8 Å². The first-order chi connectivity index (χ1) is 9.78. The van der Waals surface area contributed by atoms with Gasteiger partial charge in [0.1, 0.15) is 5.82 Å². The number of aliphatic hydroxyl groups is 1. The van der Waals surface area contributed by atoms with E-state index in [0.29, 0.717) is 6.54 Å². The number of hydrogen-bond acceptors (Lipinski definition) is 4. The zero-order valence-corrected chi connectivity index (χ0v) is 12.0. The molecular formula is C15H22N4O. The highest BCUT2D eigenvalue weighted by atomic mass is 16.3. The van der Waals surface area contributed by atoms with Gasteiger partial charge in [-0.15, -0.1) is 0 Å². The molecule has 0 unspecified atom stereocenters. The van der Waals surface area contributed by atoms with Gasteiger partial charge in [-0.1, -0.05) is 12.1 Å². The number of para-hydroxylation sites is 2. The maximum Gasteiger partial charge on any atom is 0.124 e. The Morgan fingerprint density at radius 3 is 2.65 bits per heavy atom. The van der Waals surface area contributed by atoms with Crippen molar-refractivity contribution in [2.45, 2.75) is 13.1 Å². The fourth-order valence-corrected chi connectivity index (χ4v) is 2.80. The van der Waals surface area contributed by atoms with Gasteiger partial charge in [0.25, 0.3) is 0 Å². The maximum absolute atomic E-state index is 9.29. The van der Waals surface area contributed by atoms with Gasteiger partial charge in [0, 0.05) is 32.7 Å². The van der Waals surface area contributed by atoms with Gasteiger partial charge in [0.15, 0.2) is 0 Å². The second kappa shape index (κ2) is 5.91. The van der Waals surface area contributed by atoms with Gasteiger partial charge in [0.2, 0.25) is 0 Å². The van der Waals surface area contributed by atoms with Crippen molar-refractivity contribution >= 4 is 11.0 Å². The molecule has 0 saturated carbocycles. The number of piperazine rings is 1. The lowest BCUT2D eigenvalue weighted by atomic mass is 10.3. The first kappa shape index (κ1) is 13.5. The van der Waals surface area contributed by atoms with Crippen LogP contribution in [0.4, 0.5) is 0 Å². The van der Waals surface area contributed by atoms with Crippen LogP contribution >= 0.6 is 0 Å². The Labute approximate surface area is 119 Å². The van der Waals surface area contributed by atoms with E-state index in [4.69, 9.17) is 4.98 Å². The molecule has 0 aliphatic carbocycles. The van der Waals surface area contributed by atoms with E-state index in [9.17, 15) is 5.11 Å². The molecule has 0 amide bonds. The molecule has 0 bridgehead atoms. The Balaban J connectivity index is 1.84. The summed E-state index contributed by atoms with van der Waals surface area (Å²) in [6, 6.07) is 8.15. The number of benzene rings is 1. The molecule has 20 heavy (non-hydrogen) atoms. The first-order valence-electron chi connectivity index (χ1n) is 7.24. The van der Waals surface area contributed by atoms with E-state index in [2.05, 4.69) is 27.5 Å². The molecule has 1 N–H and O–H groups in total. The molecule has 0 spiro atoms. The van der Waals surface area contributed by atoms with Crippen molar-refractivity contribution < 1.29 is 5.11 Å². The number of fused-ring (bicyclic) bond motifs is 1. The van der Waals surface area contributed by atoms with E-state index in [1.165, 1.54) is 0 Å². The zero-order chi connectivity index (χ0) is 13.9. The van der Waals surface area contributed by atoms with Gasteiger partial charge in [-0.05, 0) is 19.2 Å². The van der Waals surface area contributed by atoms with Gasteiger partial charge in [-0.3, -0.25) is 4.90 Å². The van der Waals surface area contributed by atoms with Crippen LogP contribution in [0.1, 0.15) is 5.82 Å². The fraction of sp³-hybridized carbons (Fsp3) is 0.533. The van der Waals surface area contributed by atoms with Crippen LogP contribution in [0.2, 0.25) is 0 Å². The zero-order valence-electron chi connectivity index (χ0n) is 12.0. The Morgan fingerprint density at radius 1 is 1.15 bits per heavy atom. The van der Waals surface area contributed by atoms with Crippen molar-refractivity contribution in [3.05, 3.63) is 30.1 Å². The van der Waals surface area contributed by atoms with Crippen LogP contribution in [0, 0.1) is 0 Å². The molecule has 1 aliphatic heterocycles. The average Bonchev–Trinajstić information content (AvgIpc) is 2.80. The van der Waals surface area contributed by atoms with Crippen LogP contribution in [0.3, 0.4) is 0 Å². The molecule has 1 aromatic carbocycles. The number of nitrogens with zero attached hydrogens (tertiary/aromatic N) is 4. The number of aromatic nitrogens is 2. The Hall–Kier alpha value is -1.43. The quantitative estimate of drug-likeness (QED) is 0.895. The van der Waals surface area contributed by atoms with Crippen LogP contribution < -0.4 is 0 Å². The highest BCUT2D eigenvalue weighted by molar-refractivity contribution is 5.75. The van der Waals surface area contributed by atoms with Gasteiger partial charge >= 0.3 is 0 Å². The van der Waals surface area contributed by atoms with E-state index < -0.39 is 0 Å².